The molecule has 16 nitrogen and oxygen atoms in total. The number of benzene rings is 3. The molecule has 4 saturated heterocycles. The number of imidazole rings is 1. The number of piperazine rings is 1. The number of anilines is 4. The van der Waals surface area contributed by atoms with Crippen LogP contribution < -0.4 is 20.4 Å². The van der Waals surface area contributed by atoms with E-state index in [1.165, 1.54) is 25.3 Å². The average Bonchev–Trinajstić information content (AvgIpc) is 3.99. The van der Waals surface area contributed by atoms with Crippen LogP contribution in [0.5, 0.6) is 0 Å². The Bertz CT molecular complexity index is 3250. The zero-order valence-corrected chi connectivity index (χ0v) is 43.4. The third-order valence-electron chi connectivity index (χ3n) is 17.2. The summed E-state index contributed by atoms with van der Waals surface area (Å²) in [7, 11) is 0. The Kier molecular flexibility index (Phi) is 12.9. The molecule has 0 unspecified atom stereocenters. The van der Waals surface area contributed by atoms with E-state index in [9.17, 15) is 19.2 Å². The van der Waals surface area contributed by atoms with E-state index in [1.807, 2.05) is 45.6 Å². The second kappa shape index (κ2) is 19.9. The molecule has 76 heavy (non-hydrogen) atoms. The summed E-state index contributed by atoms with van der Waals surface area (Å²) in [5, 5.41) is 5.69. The molecule has 5 aliphatic heterocycles. The number of hydrogen-bond acceptors (Lipinski definition) is 11. The van der Waals surface area contributed by atoms with Gasteiger partial charge in [0.15, 0.2) is 5.82 Å². The number of piperidine rings is 3. The van der Waals surface area contributed by atoms with Crippen molar-refractivity contribution >= 4 is 63.6 Å². The van der Waals surface area contributed by atoms with Crippen LogP contribution in [0.25, 0.3) is 22.3 Å². The SMILES string of the molecule is CC(C)n1cnc2cc(-c3ccc4c(c3)N(C3CC(N5CCCCC5)C3)C(=O)C43CCN(C(=O)c4ccc(C(=O)N5CCN(c6ccc([C@H]7CCC(=O)NC7=O)cn6)C[C@H]5C)cc4)CC3)nc(Nc3ccccc3F)c21. The van der Waals surface area contributed by atoms with Crippen molar-refractivity contribution in [2.24, 2.45) is 0 Å². The van der Waals surface area contributed by atoms with Crippen molar-refractivity contribution in [1.82, 2.24) is 39.5 Å². The first-order valence-electron chi connectivity index (χ1n) is 27.2. The topological polar surface area (TPSA) is 169 Å². The Labute approximate surface area is 441 Å². The molecule has 6 aliphatic rings. The Morgan fingerprint density at radius 2 is 1.57 bits per heavy atom. The smallest absolute Gasteiger partial charge is 0.254 e. The van der Waals surface area contributed by atoms with Gasteiger partial charge in [0.2, 0.25) is 17.7 Å². The van der Waals surface area contributed by atoms with Crippen molar-refractivity contribution in [2.45, 2.75) is 114 Å². The monoisotopic (exact) mass is 1030 g/mol. The number of likely N-dealkylation sites (tertiary alicyclic amines) is 2. The van der Waals surface area contributed by atoms with Crippen LogP contribution in [0, 0.1) is 5.82 Å². The highest BCUT2D eigenvalue weighted by atomic mass is 19.1. The van der Waals surface area contributed by atoms with Crippen LogP contribution in [0.15, 0.2) is 97.5 Å². The van der Waals surface area contributed by atoms with E-state index in [2.05, 4.69) is 56.3 Å². The van der Waals surface area contributed by atoms with Crippen molar-refractivity contribution in [3.63, 3.8) is 0 Å². The van der Waals surface area contributed by atoms with Crippen molar-refractivity contribution in [3.05, 3.63) is 126 Å². The number of aromatic nitrogens is 4. The van der Waals surface area contributed by atoms with Crippen molar-refractivity contribution in [2.75, 3.05) is 60.9 Å². The number of pyridine rings is 2. The third kappa shape index (κ3) is 8.85. The van der Waals surface area contributed by atoms with E-state index in [4.69, 9.17) is 9.97 Å². The van der Waals surface area contributed by atoms with Gasteiger partial charge in [-0.05, 0) is 145 Å². The third-order valence-corrected chi connectivity index (χ3v) is 17.2. The van der Waals surface area contributed by atoms with Crippen LogP contribution in [-0.2, 0) is 19.8 Å². The fourth-order valence-corrected chi connectivity index (χ4v) is 12.8. The highest BCUT2D eigenvalue weighted by Gasteiger charge is 2.56. The molecule has 5 amide bonds. The van der Waals surface area contributed by atoms with Crippen LogP contribution in [0.1, 0.15) is 122 Å². The van der Waals surface area contributed by atoms with Crippen LogP contribution in [0.3, 0.4) is 0 Å². The average molecular weight is 1030 g/mol. The summed E-state index contributed by atoms with van der Waals surface area (Å²) in [5.74, 6) is -0.207. The molecule has 6 aromatic rings. The van der Waals surface area contributed by atoms with Gasteiger partial charge in [-0.2, -0.15) is 0 Å². The molecule has 12 rings (SSSR count). The first-order chi connectivity index (χ1) is 36.8. The van der Waals surface area contributed by atoms with Gasteiger partial charge >= 0.3 is 0 Å². The molecule has 0 bridgehead atoms. The summed E-state index contributed by atoms with van der Waals surface area (Å²) in [6.45, 7) is 10.8. The van der Waals surface area contributed by atoms with Gasteiger partial charge in [-0.15, -0.1) is 0 Å². The largest absolute Gasteiger partial charge is 0.353 e. The number of para-hydroxylation sites is 1. The number of nitrogens with zero attached hydrogens (tertiary/aromatic N) is 9. The number of fused-ring (bicyclic) bond motifs is 3. The zero-order chi connectivity index (χ0) is 52.4. The van der Waals surface area contributed by atoms with E-state index >= 15 is 9.18 Å². The highest BCUT2D eigenvalue weighted by Crippen LogP contribution is 2.52. The number of amides is 5. The first kappa shape index (κ1) is 49.4. The summed E-state index contributed by atoms with van der Waals surface area (Å²) < 4.78 is 17.1. The summed E-state index contributed by atoms with van der Waals surface area (Å²) in [5.41, 5.74) is 6.16. The van der Waals surface area contributed by atoms with Gasteiger partial charge in [0.05, 0.1) is 34.6 Å². The maximum Gasteiger partial charge on any atom is 0.254 e. The lowest BCUT2D eigenvalue weighted by Crippen LogP contribution is -2.58. The van der Waals surface area contributed by atoms with Crippen LogP contribution in [0.4, 0.5) is 27.4 Å². The number of hydrogen-bond donors (Lipinski definition) is 2. The molecule has 3 aromatic carbocycles. The first-order valence-corrected chi connectivity index (χ1v) is 27.2. The minimum absolute atomic E-state index is 0.0546. The number of halogens is 1. The molecular formula is C59H64FN11O5. The molecule has 5 fully saturated rings. The van der Waals surface area contributed by atoms with E-state index < -0.39 is 11.3 Å². The van der Waals surface area contributed by atoms with Gasteiger partial charge in [0.25, 0.3) is 11.8 Å². The van der Waals surface area contributed by atoms with Crippen molar-refractivity contribution < 1.29 is 28.4 Å². The quantitative estimate of drug-likeness (QED) is 0.127. The Hall–Kier alpha value is -7.53. The maximum atomic E-state index is 15.3. The van der Waals surface area contributed by atoms with Gasteiger partial charge in [0.1, 0.15) is 17.2 Å². The van der Waals surface area contributed by atoms with E-state index in [1.54, 1.807) is 55.0 Å². The van der Waals surface area contributed by atoms with Crippen LogP contribution >= 0.6 is 0 Å². The second-order valence-electron chi connectivity index (χ2n) is 22.1. The molecule has 3 aromatic heterocycles. The number of imide groups is 1. The molecule has 8 heterocycles. The fourth-order valence-electron chi connectivity index (χ4n) is 12.8. The number of rotatable bonds is 10. The lowest BCUT2D eigenvalue weighted by molar-refractivity contribution is -0.134. The van der Waals surface area contributed by atoms with Crippen molar-refractivity contribution in [3.8, 4) is 11.3 Å². The Morgan fingerprint density at radius 1 is 0.816 bits per heavy atom. The second-order valence-corrected chi connectivity index (χ2v) is 22.1. The van der Waals surface area contributed by atoms with E-state index in [0.717, 1.165) is 65.2 Å². The normalized spacial score (nSPS) is 22.8. The Morgan fingerprint density at radius 3 is 2.26 bits per heavy atom. The molecule has 2 N–H and O–H groups in total. The number of carbonyl (C=O) groups is 5. The molecule has 1 saturated carbocycles. The molecular weight excluding hydrogens is 962 g/mol. The number of nitrogens with one attached hydrogen (secondary N) is 2. The molecule has 1 spiro atoms. The lowest BCUT2D eigenvalue weighted by atomic mass is 9.73. The summed E-state index contributed by atoms with van der Waals surface area (Å²) in [6, 6.07) is 26.0. The predicted octanol–water partition coefficient (Wildman–Crippen LogP) is 8.37. The fraction of sp³-hybridized carbons (Fsp3) is 0.424. The molecule has 1 aliphatic carbocycles. The van der Waals surface area contributed by atoms with Crippen LogP contribution in [0.2, 0.25) is 0 Å². The Balaban J connectivity index is 0.748. The maximum absolute atomic E-state index is 15.3. The zero-order valence-electron chi connectivity index (χ0n) is 43.4. The van der Waals surface area contributed by atoms with E-state index in [0.29, 0.717) is 92.8 Å². The van der Waals surface area contributed by atoms with Gasteiger partial charge in [-0.1, -0.05) is 36.8 Å². The molecule has 392 valence electrons. The summed E-state index contributed by atoms with van der Waals surface area (Å²) in [6.07, 6.45) is 10.8. The molecule has 2 atom stereocenters. The van der Waals surface area contributed by atoms with Crippen LogP contribution in [-0.4, -0.2) is 128 Å². The van der Waals surface area contributed by atoms with Gasteiger partial charge in [-0.3, -0.25) is 29.3 Å². The van der Waals surface area contributed by atoms with Gasteiger partial charge < -0.3 is 34.4 Å². The van der Waals surface area contributed by atoms with E-state index in [-0.39, 0.29) is 53.5 Å². The highest BCUT2D eigenvalue weighted by molar-refractivity contribution is 6.10. The van der Waals surface area contributed by atoms with Gasteiger partial charge in [0, 0.05) is 91.9 Å². The minimum Gasteiger partial charge on any atom is -0.353 e. The summed E-state index contributed by atoms with van der Waals surface area (Å²) in [4.78, 5) is 92.6. The lowest BCUT2D eigenvalue weighted by Gasteiger charge is -2.48. The van der Waals surface area contributed by atoms with Gasteiger partial charge in [-0.25, -0.2) is 19.3 Å². The van der Waals surface area contributed by atoms with Crippen molar-refractivity contribution in [1.29, 1.82) is 0 Å². The standard InChI is InChI=1S/C59H64FN11O5/c1-36(2)70-35-62-49-32-48(64-54(53(49)70)63-47-10-6-5-9-46(47)60)40-15-18-45-50(29-40)71(43-30-42(31-43)66-23-7-4-8-24-66)58(76)59(45)21-25-67(26-22-59)56(74)38-11-13-39(14-12-38)57(75)69-28-27-68(34-37(69)3)51-19-16-41(33-61-51)44-17-20-52(72)65-55(44)73/h5-6,9-16,18-19,29,32-33,35-37,42-44H,4,7-8,17,20-28,30-31,34H2,1-3H3,(H,63,64)(H,65,72,73)/t37-,42?,43?,44-/m1/s1. The number of carbonyl (C=O) groups excluding carboxylic acids is 5. The predicted molar refractivity (Wildman–Crippen MR) is 288 cm³/mol. The minimum atomic E-state index is -0.794. The summed E-state index contributed by atoms with van der Waals surface area (Å²) >= 11 is 0. The molecule has 0 radical (unpaired) electrons. The molecule has 17 heteroatoms.